The maximum atomic E-state index is 10.6. The first-order valence-corrected chi connectivity index (χ1v) is 11.7. The molecule has 0 aromatic rings. The van der Waals surface area contributed by atoms with Gasteiger partial charge >= 0.3 is 0 Å². The summed E-state index contributed by atoms with van der Waals surface area (Å²) < 4.78 is 5.69. The van der Waals surface area contributed by atoms with E-state index in [0.29, 0.717) is 22.9 Å². The highest BCUT2D eigenvalue weighted by Gasteiger charge is 2.59. The van der Waals surface area contributed by atoms with E-state index in [-0.39, 0.29) is 5.44 Å². The molecule has 0 aromatic carbocycles. The van der Waals surface area contributed by atoms with Crippen LogP contribution in [0.2, 0.25) is 0 Å². The lowest BCUT2D eigenvalue weighted by atomic mass is 9.47. The van der Waals surface area contributed by atoms with Crippen molar-refractivity contribution in [3.8, 4) is 0 Å². The lowest BCUT2D eigenvalue weighted by Crippen LogP contribution is -2.51. The van der Waals surface area contributed by atoms with Gasteiger partial charge in [0, 0.05) is 7.11 Å². The molecule has 0 saturated heterocycles. The first kappa shape index (κ1) is 18.4. The molecule has 0 radical (unpaired) electrons. The van der Waals surface area contributed by atoms with Crippen LogP contribution in [0.4, 0.5) is 0 Å². The summed E-state index contributed by atoms with van der Waals surface area (Å²) in [5.74, 6) is 3.00. The molecule has 0 amide bonds. The number of ether oxygens (including phenoxy) is 1. The van der Waals surface area contributed by atoms with Gasteiger partial charge in [-0.3, -0.25) is 0 Å². The van der Waals surface area contributed by atoms with Crippen molar-refractivity contribution in [3.63, 3.8) is 0 Å². The zero-order valence-electron chi connectivity index (χ0n) is 16.5. The predicted molar refractivity (Wildman–Crippen MR) is 106 cm³/mol. The molecule has 4 aliphatic rings. The topological polar surface area (TPSA) is 29.5 Å². The molecule has 0 bridgehead atoms. The zero-order chi connectivity index (χ0) is 17.8. The summed E-state index contributed by atoms with van der Waals surface area (Å²) in [6.45, 7) is 5.07. The number of aliphatic hydroxyl groups excluding tert-OH is 1. The lowest BCUT2D eigenvalue weighted by molar-refractivity contribution is -0.0621. The van der Waals surface area contributed by atoms with Crippen molar-refractivity contribution in [2.24, 2.45) is 34.5 Å². The summed E-state index contributed by atoms with van der Waals surface area (Å²) in [5.41, 5.74) is 2.30. The summed E-state index contributed by atoms with van der Waals surface area (Å²) in [7, 11) is 1.88. The van der Waals surface area contributed by atoms with E-state index in [1.54, 1.807) is 17.3 Å². The summed E-state index contributed by atoms with van der Waals surface area (Å²) in [4.78, 5) is 0. The van der Waals surface area contributed by atoms with Crippen molar-refractivity contribution in [1.82, 2.24) is 0 Å². The third kappa shape index (κ3) is 2.67. The Labute approximate surface area is 158 Å². The third-order valence-corrected chi connectivity index (χ3v) is 9.86. The van der Waals surface area contributed by atoms with Crippen LogP contribution < -0.4 is 0 Å². The number of fused-ring (bicyclic) bond motifs is 5. The van der Waals surface area contributed by atoms with Crippen LogP contribution in [0.1, 0.15) is 65.2 Å². The highest BCUT2D eigenvalue weighted by atomic mass is 32.2. The van der Waals surface area contributed by atoms with Crippen molar-refractivity contribution >= 4 is 11.8 Å². The molecule has 3 saturated carbocycles. The maximum absolute atomic E-state index is 10.6. The van der Waals surface area contributed by atoms with Crippen molar-refractivity contribution in [1.29, 1.82) is 0 Å². The van der Waals surface area contributed by atoms with Gasteiger partial charge in [0.25, 0.3) is 0 Å². The molecule has 142 valence electrons. The molecule has 0 heterocycles. The fourth-order valence-corrected chi connectivity index (χ4v) is 8.28. The van der Waals surface area contributed by atoms with E-state index in [4.69, 9.17) is 4.74 Å². The van der Waals surface area contributed by atoms with E-state index >= 15 is 0 Å². The Morgan fingerprint density at radius 3 is 2.68 bits per heavy atom. The highest BCUT2D eigenvalue weighted by molar-refractivity contribution is 7.99. The number of hydrogen-bond donors (Lipinski definition) is 1. The molecule has 0 aromatic heterocycles. The molecule has 4 rings (SSSR count). The van der Waals surface area contributed by atoms with E-state index in [2.05, 4.69) is 26.2 Å². The average molecular weight is 365 g/mol. The molecule has 4 aliphatic carbocycles. The molecule has 4 unspecified atom stereocenters. The maximum Gasteiger partial charge on any atom is 0.102 e. The van der Waals surface area contributed by atoms with E-state index in [0.717, 1.165) is 24.2 Å². The highest BCUT2D eigenvalue weighted by Crippen LogP contribution is 2.67. The second kappa shape index (κ2) is 6.56. The van der Waals surface area contributed by atoms with E-state index in [9.17, 15) is 5.11 Å². The number of thioether (sulfide) groups is 1. The smallest absolute Gasteiger partial charge is 0.102 e. The minimum Gasteiger partial charge on any atom is -0.382 e. The molecular formula is C22H36O2S. The number of aliphatic hydroxyl groups is 1. The molecule has 3 fully saturated rings. The monoisotopic (exact) mass is 364 g/mol. The van der Waals surface area contributed by atoms with Gasteiger partial charge in [-0.15, -0.1) is 11.8 Å². The van der Waals surface area contributed by atoms with E-state index < -0.39 is 0 Å². The standard InChI is InChI=1S/C22H36O2S/c1-21-11-9-15(24-3)13-14(21)5-6-16-17-7-8-19(20(23)25-4)22(17,2)12-10-18(16)21/h5,15-20,23H,6-13H2,1-4H3/t15-,16?,17?,18?,19?,20-,21-,22-/m0/s1. The Balaban J connectivity index is 1.61. The van der Waals surface area contributed by atoms with Crippen molar-refractivity contribution in [2.45, 2.75) is 76.8 Å². The van der Waals surface area contributed by atoms with Crippen LogP contribution in [0.15, 0.2) is 11.6 Å². The van der Waals surface area contributed by atoms with Crippen molar-refractivity contribution in [2.75, 3.05) is 13.4 Å². The minimum absolute atomic E-state index is 0.172. The second-order valence-corrected chi connectivity index (χ2v) is 10.7. The van der Waals surface area contributed by atoms with Gasteiger partial charge in [0.05, 0.1) is 6.10 Å². The molecule has 8 atom stereocenters. The molecule has 3 heteroatoms. The SMILES string of the molecule is CO[C@H]1CC[C@@]2(C)C(=CCC3C4CCC([C@@H](O)SC)[C@@]4(C)CCC32)C1. The molecule has 2 nitrogen and oxygen atoms in total. The quantitative estimate of drug-likeness (QED) is 0.547. The van der Waals surface area contributed by atoms with Crippen molar-refractivity contribution < 1.29 is 9.84 Å². The number of methoxy groups -OCH3 is 1. The predicted octanol–water partition coefficient (Wildman–Crippen LogP) is 5.26. The van der Waals surface area contributed by atoms with Gasteiger partial charge in [-0.05, 0) is 92.1 Å². The molecule has 0 aliphatic heterocycles. The van der Waals surface area contributed by atoms with Crippen LogP contribution in [-0.2, 0) is 4.74 Å². The van der Waals surface area contributed by atoms with Gasteiger partial charge in [0.1, 0.15) is 5.44 Å². The molecule has 25 heavy (non-hydrogen) atoms. The van der Waals surface area contributed by atoms with E-state index in [1.165, 1.54) is 44.9 Å². The lowest BCUT2D eigenvalue weighted by Gasteiger charge is -2.58. The molecule has 0 spiro atoms. The Morgan fingerprint density at radius 2 is 1.96 bits per heavy atom. The van der Waals surface area contributed by atoms with Gasteiger partial charge < -0.3 is 9.84 Å². The zero-order valence-corrected chi connectivity index (χ0v) is 17.3. The van der Waals surface area contributed by atoms with Gasteiger partial charge in [-0.1, -0.05) is 25.5 Å². The fourth-order valence-electron chi connectivity index (χ4n) is 7.50. The normalized spacial score (nSPS) is 50.4. The Kier molecular flexibility index (Phi) is 4.82. The summed E-state index contributed by atoms with van der Waals surface area (Å²) in [6.07, 6.45) is 15.3. The van der Waals surface area contributed by atoms with Gasteiger partial charge in [0.2, 0.25) is 0 Å². The second-order valence-electron chi connectivity index (χ2n) is 9.71. The van der Waals surface area contributed by atoms with Crippen molar-refractivity contribution in [3.05, 3.63) is 11.6 Å². The minimum atomic E-state index is -0.172. The Bertz CT molecular complexity index is 546. The Morgan fingerprint density at radius 1 is 1.16 bits per heavy atom. The first-order chi connectivity index (χ1) is 11.9. The molecule has 1 N–H and O–H groups in total. The summed E-state index contributed by atoms with van der Waals surface area (Å²) >= 11 is 1.66. The molecular weight excluding hydrogens is 328 g/mol. The number of hydrogen-bond acceptors (Lipinski definition) is 3. The first-order valence-electron chi connectivity index (χ1n) is 10.4. The van der Waals surface area contributed by atoms with Gasteiger partial charge in [0.15, 0.2) is 0 Å². The number of allylic oxidation sites excluding steroid dienone is 1. The average Bonchev–Trinajstić information content (AvgIpc) is 2.97. The van der Waals surface area contributed by atoms with Crippen LogP contribution in [0.25, 0.3) is 0 Å². The summed E-state index contributed by atoms with van der Waals surface area (Å²) in [6, 6.07) is 0. The largest absolute Gasteiger partial charge is 0.382 e. The van der Waals surface area contributed by atoms with Gasteiger partial charge in [-0.25, -0.2) is 0 Å². The van der Waals surface area contributed by atoms with Gasteiger partial charge in [-0.2, -0.15) is 0 Å². The summed E-state index contributed by atoms with van der Waals surface area (Å²) in [5, 5.41) is 10.6. The Hall–Kier alpha value is 0.01000. The third-order valence-electron chi connectivity index (χ3n) is 9.05. The van der Waals surface area contributed by atoms with Crippen LogP contribution >= 0.6 is 11.8 Å². The van der Waals surface area contributed by atoms with Crippen LogP contribution in [0.3, 0.4) is 0 Å². The number of rotatable bonds is 3. The van der Waals surface area contributed by atoms with Crippen LogP contribution in [0.5, 0.6) is 0 Å². The van der Waals surface area contributed by atoms with E-state index in [1.807, 2.05) is 7.11 Å². The van der Waals surface area contributed by atoms with Crippen LogP contribution in [-0.4, -0.2) is 30.0 Å². The fraction of sp³-hybridized carbons (Fsp3) is 0.909. The van der Waals surface area contributed by atoms with Crippen LogP contribution in [0, 0.1) is 34.5 Å².